The van der Waals surface area contributed by atoms with Crippen molar-refractivity contribution in [2.24, 2.45) is 0 Å². The summed E-state index contributed by atoms with van der Waals surface area (Å²) in [7, 11) is 0. The van der Waals surface area contributed by atoms with Crippen molar-refractivity contribution in [1.29, 1.82) is 0 Å². The molecule has 0 aliphatic heterocycles. The topological polar surface area (TPSA) is 43.4 Å². The SMILES string of the molecule is O=COc1[c-]cccc1-c1ccccc1C=O.[Li+]. The average Bonchev–Trinajstić information content (AvgIpc) is 2.40. The molecule has 4 heteroatoms. The second-order valence-electron chi connectivity index (χ2n) is 3.33. The Hall–Kier alpha value is -1.82. The van der Waals surface area contributed by atoms with Crippen LogP contribution < -0.4 is 23.6 Å². The van der Waals surface area contributed by atoms with E-state index >= 15 is 0 Å². The van der Waals surface area contributed by atoms with Crippen molar-refractivity contribution < 1.29 is 33.2 Å². The van der Waals surface area contributed by atoms with Gasteiger partial charge in [0.2, 0.25) is 0 Å². The van der Waals surface area contributed by atoms with Gasteiger partial charge in [0.25, 0.3) is 6.47 Å². The number of hydrogen-bond donors (Lipinski definition) is 0. The number of ether oxygens (including phenoxy) is 1. The van der Waals surface area contributed by atoms with Crippen molar-refractivity contribution in [3.05, 3.63) is 54.1 Å². The molecule has 0 unspecified atom stereocenters. The number of carbonyl (C=O) groups is 2. The second kappa shape index (κ2) is 6.80. The van der Waals surface area contributed by atoms with Crippen LogP contribution in [0.2, 0.25) is 0 Å². The van der Waals surface area contributed by atoms with E-state index in [1.165, 1.54) is 0 Å². The molecule has 0 radical (unpaired) electrons. The van der Waals surface area contributed by atoms with Crippen LogP contribution in [0.5, 0.6) is 5.75 Å². The van der Waals surface area contributed by atoms with Gasteiger partial charge in [-0.2, -0.15) is 18.2 Å². The molecule has 2 aromatic carbocycles. The average molecular weight is 232 g/mol. The predicted molar refractivity (Wildman–Crippen MR) is 62.8 cm³/mol. The Bertz CT molecular complexity index is 552. The minimum atomic E-state index is 0. The van der Waals surface area contributed by atoms with E-state index in [4.69, 9.17) is 4.74 Å². The van der Waals surface area contributed by atoms with Crippen molar-refractivity contribution in [2.75, 3.05) is 0 Å². The fourth-order valence-corrected chi connectivity index (χ4v) is 1.62. The Kier molecular flexibility index (Phi) is 5.38. The van der Waals surface area contributed by atoms with Crippen molar-refractivity contribution in [3.8, 4) is 16.9 Å². The van der Waals surface area contributed by atoms with Gasteiger partial charge in [0.1, 0.15) is 6.29 Å². The van der Waals surface area contributed by atoms with Gasteiger partial charge >= 0.3 is 18.9 Å². The Morgan fingerprint density at radius 3 is 2.44 bits per heavy atom. The summed E-state index contributed by atoms with van der Waals surface area (Å²) in [5.41, 5.74) is 1.93. The maximum absolute atomic E-state index is 10.9. The first-order chi connectivity index (χ1) is 8.36. The van der Waals surface area contributed by atoms with E-state index in [-0.39, 0.29) is 18.9 Å². The molecule has 0 atom stereocenters. The van der Waals surface area contributed by atoms with Crippen LogP contribution in [0.25, 0.3) is 11.1 Å². The van der Waals surface area contributed by atoms with Crippen molar-refractivity contribution in [3.63, 3.8) is 0 Å². The maximum atomic E-state index is 10.9. The van der Waals surface area contributed by atoms with Gasteiger partial charge in [-0.05, 0) is 0 Å². The predicted octanol–water partition coefficient (Wildman–Crippen LogP) is -0.495. The Morgan fingerprint density at radius 1 is 1.00 bits per heavy atom. The zero-order chi connectivity index (χ0) is 12.1. The van der Waals surface area contributed by atoms with E-state index in [1.54, 1.807) is 36.4 Å². The summed E-state index contributed by atoms with van der Waals surface area (Å²) in [6.45, 7) is 0.346. The van der Waals surface area contributed by atoms with Gasteiger partial charge in [-0.25, -0.2) is 0 Å². The number of rotatable bonds is 4. The third kappa shape index (κ3) is 2.89. The number of carbonyl (C=O) groups excluding carboxylic acids is 2. The van der Waals surface area contributed by atoms with E-state index in [2.05, 4.69) is 6.07 Å². The first kappa shape index (κ1) is 14.2. The van der Waals surface area contributed by atoms with Crippen LogP contribution in [0, 0.1) is 6.07 Å². The number of hydrogen-bond acceptors (Lipinski definition) is 3. The Labute approximate surface area is 117 Å². The third-order valence-electron chi connectivity index (χ3n) is 2.36. The van der Waals surface area contributed by atoms with Crippen molar-refractivity contribution in [1.82, 2.24) is 0 Å². The van der Waals surface area contributed by atoms with Gasteiger partial charge in [0.15, 0.2) is 0 Å². The Morgan fingerprint density at radius 2 is 1.72 bits per heavy atom. The first-order valence-corrected chi connectivity index (χ1v) is 5.02. The van der Waals surface area contributed by atoms with E-state index in [1.807, 2.05) is 6.07 Å². The maximum Gasteiger partial charge on any atom is 1.00 e. The molecule has 0 saturated carbocycles. The molecule has 2 aromatic rings. The molecule has 0 N–H and O–H groups in total. The van der Waals surface area contributed by atoms with Crippen LogP contribution >= 0.6 is 0 Å². The molecule has 0 heterocycles. The molecule has 0 fully saturated rings. The van der Waals surface area contributed by atoms with Gasteiger partial charge in [-0.15, -0.1) is 6.07 Å². The molecule has 84 valence electrons. The van der Waals surface area contributed by atoms with Gasteiger partial charge in [-0.3, -0.25) is 9.59 Å². The molecular weight excluding hydrogens is 223 g/mol. The minimum absolute atomic E-state index is 0. The molecule has 0 amide bonds. The van der Waals surface area contributed by atoms with E-state index in [0.717, 1.165) is 11.8 Å². The van der Waals surface area contributed by atoms with Crippen LogP contribution in [-0.4, -0.2) is 12.8 Å². The molecule has 0 aliphatic carbocycles. The van der Waals surface area contributed by atoms with Crippen LogP contribution in [0.3, 0.4) is 0 Å². The Balaban J connectivity index is 0.00000162. The van der Waals surface area contributed by atoms with Crippen LogP contribution in [0.1, 0.15) is 10.4 Å². The van der Waals surface area contributed by atoms with Gasteiger partial charge < -0.3 is 4.74 Å². The van der Waals surface area contributed by atoms with Gasteiger partial charge in [0.05, 0.1) is 0 Å². The first-order valence-electron chi connectivity index (χ1n) is 5.02. The standard InChI is InChI=1S/C14H9O3.Li/c15-9-11-5-1-2-6-12(11)13-7-3-4-8-14(13)17-10-16;/h1-7,9-10H;/q-1;+1. The molecule has 0 saturated heterocycles. The van der Waals surface area contributed by atoms with Gasteiger partial charge in [-0.1, -0.05) is 35.4 Å². The number of para-hydroxylation sites is 1. The van der Waals surface area contributed by atoms with Crippen molar-refractivity contribution >= 4 is 12.8 Å². The molecule has 2 rings (SSSR count). The largest absolute Gasteiger partial charge is 1.00 e. The summed E-state index contributed by atoms with van der Waals surface area (Å²) in [5.74, 6) is 0.316. The zero-order valence-electron chi connectivity index (χ0n) is 9.92. The molecule has 0 aliphatic rings. The second-order valence-corrected chi connectivity index (χ2v) is 3.33. The van der Waals surface area contributed by atoms with Crippen LogP contribution in [-0.2, 0) is 4.79 Å². The summed E-state index contributed by atoms with van der Waals surface area (Å²) in [6, 6.07) is 15.1. The van der Waals surface area contributed by atoms with Crippen molar-refractivity contribution in [2.45, 2.75) is 0 Å². The third-order valence-corrected chi connectivity index (χ3v) is 2.36. The minimum Gasteiger partial charge on any atom is -0.455 e. The molecule has 3 nitrogen and oxygen atoms in total. The molecule has 18 heavy (non-hydrogen) atoms. The number of aldehydes is 1. The van der Waals surface area contributed by atoms with Crippen LogP contribution in [0.15, 0.2) is 42.5 Å². The number of benzene rings is 2. The summed E-state index contributed by atoms with van der Waals surface area (Å²) in [5, 5.41) is 0. The van der Waals surface area contributed by atoms with E-state index < -0.39 is 0 Å². The molecule has 0 bridgehead atoms. The summed E-state index contributed by atoms with van der Waals surface area (Å²) in [6.07, 6.45) is 0.771. The normalized spacial score (nSPS) is 9.11. The fourth-order valence-electron chi connectivity index (χ4n) is 1.62. The summed E-state index contributed by atoms with van der Waals surface area (Å²) >= 11 is 0. The zero-order valence-corrected chi connectivity index (χ0v) is 9.92. The van der Waals surface area contributed by atoms with E-state index in [0.29, 0.717) is 23.3 Å². The summed E-state index contributed by atoms with van der Waals surface area (Å²) in [4.78, 5) is 21.3. The molecule has 0 aromatic heterocycles. The van der Waals surface area contributed by atoms with Crippen LogP contribution in [0.4, 0.5) is 0 Å². The quantitative estimate of drug-likeness (QED) is 0.405. The summed E-state index contributed by atoms with van der Waals surface area (Å²) < 4.78 is 4.84. The van der Waals surface area contributed by atoms with E-state index in [9.17, 15) is 9.59 Å². The molecular formula is C14H9LiO3. The molecule has 0 spiro atoms. The smallest absolute Gasteiger partial charge is 0.455 e. The van der Waals surface area contributed by atoms with Gasteiger partial charge in [0, 0.05) is 11.3 Å². The fraction of sp³-hybridized carbons (Fsp3) is 0. The monoisotopic (exact) mass is 232 g/mol.